The molecule has 1 atom stereocenters. The predicted octanol–water partition coefficient (Wildman–Crippen LogP) is 2.65. The van der Waals surface area contributed by atoms with Crippen molar-refractivity contribution < 1.29 is 8.42 Å². The molecule has 2 rings (SSSR count). The Morgan fingerprint density at radius 1 is 1.44 bits per heavy atom. The molecule has 1 aromatic rings. The summed E-state index contributed by atoms with van der Waals surface area (Å²) in [7, 11) is -3.41. The highest BCUT2D eigenvalue weighted by Gasteiger charge is 2.36. The lowest BCUT2D eigenvalue weighted by Gasteiger charge is -2.26. The van der Waals surface area contributed by atoms with Crippen LogP contribution >= 0.6 is 15.9 Å². The summed E-state index contributed by atoms with van der Waals surface area (Å²) in [6.45, 7) is 4.74. The van der Waals surface area contributed by atoms with E-state index in [0.29, 0.717) is 16.9 Å². The minimum Gasteiger partial charge on any atom is -0.262 e. The van der Waals surface area contributed by atoms with Crippen molar-refractivity contribution in [1.82, 2.24) is 9.29 Å². The van der Waals surface area contributed by atoms with Crippen molar-refractivity contribution in [2.24, 2.45) is 5.92 Å². The highest BCUT2D eigenvalue weighted by atomic mass is 79.9. The molecule has 0 aliphatic carbocycles. The Bertz CT molecular complexity index is 531. The van der Waals surface area contributed by atoms with Gasteiger partial charge in [0.05, 0.1) is 0 Å². The van der Waals surface area contributed by atoms with Crippen LogP contribution in [0.5, 0.6) is 0 Å². The third kappa shape index (κ3) is 2.60. The number of rotatable bonds is 3. The van der Waals surface area contributed by atoms with Crippen molar-refractivity contribution in [3.8, 4) is 0 Å². The Hall–Kier alpha value is -0.460. The fourth-order valence-corrected chi connectivity index (χ4v) is 4.73. The van der Waals surface area contributed by atoms with Crippen molar-refractivity contribution in [2.75, 3.05) is 6.54 Å². The quantitative estimate of drug-likeness (QED) is 0.854. The number of aromatic nitrogens is 1. The van der Waals surface area contributed by atoms with E-state index >= 15 is 0 Å². The van der Waals surface area contributed by atoms with Gasteiger partial charge in [0.2, 0.25) is 10.0 Å². The normalized spacial score (nSPS) is 21.7. The molecule has 1 aliphatic rings. The molecule has 0 N–H and O–H groups in total. The zero-order chi connectivity index (χ0) is 13.3. The number of sulfonamides is 1. The summed E-state index contributed by atoms with van der Waals surface area (Å²) < 4.78 is 27.4. The van der Waals surface area contributed by atoms with Crippen molar-refractivity contribution in [1.29, 1.82) is 0 Å². The Labute approximate surface area is 117 Å². The van der Waals surface area contributed by atoms with Gasteiger partial charge in [0.1, 0.15) is 4.90 Å². The highest BCUT2D eigenvalue weighted by Crippen LogP contribution is 2.30. The van der Waals surface area contributed by atoms with Crippen LogP contribution in [-0.4, -0.2) is 30.3 Å². The van der Waals surface area contributed by atoms with E-state index in [1.54, 1.807) is 16.6 Å². The van der Waals surface area contributed by atoms with Gasteiger partial charge in [-0.05, 0) is 40.8 Å². The van der Waals surface area contributed by atoms with E-state index in [1.165, 1.54) is 6.20 Å². The number of halogens is 1. The van der Waals surface area contributed by atoms with Crippen LogP contribution in [0.15, 0.2) is 27.8 Å². The third-order valence-electron chi connectivity index (χ3n) is 3.30. The van der Waals surface area contributed by atoms with Crippen molar-refractivity contribution in [3.63, 3.8) is 0 Å². The molecule has 2 heterocycles. The van der Waals surface area contributed by atoms with Crippen LogP contribution < -0.4 is 0 Å². The highest BCUT2D eigenvalue weighted by molar-refractivity contribution is 9.10. The summed E-state index contributed by atoms with van der Waals surface area (Å²) >= 11 is 3.26. The molecular formula is C12H17BrN2O2S. The van der Waals surface area contributed by atoms with Crippen LogP contribution in [-0.2, 0) is 10.0 Å². The average Bonchev–Trinajstić information content (AvgIpc) is 2.78. The molecule has 0 aromatic carbocycles. The monoisotopic (exact) mass is 332 g/mol. The number of pyridine rings is 1. The van der Waals surface area contributed by atoms with E-state index in [-0.39, 0.29) is 10.9 Å². The summed E-state index contributed by atoms with van der Waals surface area (Å²) in [5.74, 6) is 0.336. The molecule has 0 spiro atoms. The van der Waals surface area contributed by atoms with E-state index in [9.17, 15) is 8.42 Å². The molecule has 4 nitrogen and oxygen atoms in total. The summed E-state index contributed by atoms with van der Waals surface area (Å²) in [5.41, 5.74) is 0. The first-order chi connectivity index (χ1) is 8.43. The maximum absolute atomic E-state index is 12.6. The van der Waals surface area contributed by atoms with Crippen molar-refractivity contribution in [3.05, 3.63) is 22.9 Å². The molecule has 1 unspecified atom stereocenters. The molecule has 0 amide bonds. The fraction of sp³-hybridized carbons (Fsp3) is 0.583. The fourth-order valence-electron chi connectivity index (χ4n) is 2.40. The molecule has 0 radical (unpaired) electrons. The zero-order valence-corrected chi connectivity index (χ0v) is 12.9. The molecule has 0 saturated carbocycles. The number of hydrogen-bond acceptors (Lipinski definition) is 3. The summed E-state index contributed by atoms with van der Waals surface area (Å²) in [6.07, 6.45) is 4.88. The van der Waals surface area contributed by atoms with Crippen LogP contribution in [0.2, 0.25) is 0 Å². The van der Waals surface area contributed by atoms with Gasteiger partial charge in [-0.3, -0.25) is 4.98 Å². The Kier molecular flexibility index (Phi) is 4.08. The van der Waals surface area contributed by atoms with Gasteiger partial charge in [-0.25, -0.2) is 8.42 Å². The predicted molar refractivity (Wildman–Crippen MR) is 73.7 cm³/mol. The molecule has 100 valence electrons. The van der Waals surface area contributed by atoms with Gasteiger partial charge in [0.15, 0.2) is 0 Å². The standard InChI is InChI=1S/C12H17BrN2O2S/c1-9(2)12-4-3-5-15(12)18(16,17)11-6-10(13)7-14-8-11/h6-9,12H,3-5H2,1-2H3. The molecule has 18 heavy (non-hydrogen) atoms. The van der Waals surface area contributed by atoms with Gasteiger partial charge in [0, 0.05) is 29.5 Å². The molecule has 1 fully saturated rings. The average molecular weight is 333 g/mol. The first kappa shape index (κ1) is 14.0. The molecule has 6 heteroatoms. The number of hydrogen-bond donors (Lipinski definition) is 0. The number of nitrogens with zero attached hydrogens (tertiary/aromatic N) is 2. The minimum absolute atomic E-state index is 0.106. The van der Waals surface area contributed by atoms with E-state index in [0.717, 1.165) is 12.8 Å². The maximum Gasteiger partial charge on any atom is 0.244 e. The van der Waals surface area contributed by atoms with Crippen molar-refractivity contribution in [2.45, 2.75) is 37.6 Å². The largest absolute Gasteiger partial charge is 0.262 e. The lowest BCUT2D eigenvalue weighted by atomic mass is 10.0. The first-order valence-electron chi connectivity index (χ1n) is 6.05. The van der Waals surface area contributed by atoms with Gasteiger partial charge in [-0.2, -0.15) is 4.31 Å². The van der Waals surface area contributed by atoms with E-state index < -0.39 is 10.0 Å². The zero-order valence-electron chi connectivity index (χ0n) is 10.5. The second kappa shape index (κ2) is 5.27. The summed E-state index contributed by atoms with van der Waals surface area (Å²) in [4.78, 5) is 4.21. The maximum atomic E-state index is 12.6. The summed E-state index contributed by atoms with van der Waals surface area (Å²) in [5, 5.41) is 0. The van der Waals surface area contributed by atoms with Crippen LogP contribution in [0, 0.1) is 5.92 Å². The van der Waals surface area contributed by atoms with Gasteiger partial charge in [0.25, 0.3) is 0 Å². The SMILES string of the molecule is CC(C)C1CCCN1S(=O)(=O)c1cncc(Br)c1. The molecule has 1 aliphatic heterocycles. The van der Waals surface area contributed by atoms with Crippen LogP contribution in [0.25, 0.3) is 0 Å². The molecule has 0 bridgehead atoms. The minimum atomic E-state index is -3.41. The first-order valence-corrected chi connectivity index (χ1v) is 8.28. The molecular weight excluding hydrogens is 316 g/mol. The van der Waals surface area contributed by atoms with Gasteiger partial charge >= 0.3 is 0 Å². The van der Waals surface area contributed by atoms with Gasteiger partial charge in [-0.1, -0.05) is 13.8 Å². The Morgan fingerprint density at radius 2 is 2.17 bits per heavy atom. The van der Waals surface area contributed by atoms with E-state index in [4.69, 9.17) is 0 Å². The second-order valence-electron chi connectivity index (χ2n) is 4.91. The van der Waals surface area contributed by atoms with Crippen molar-refractivity contribution >= 4 is 26.0 Å². The van der Waals surface area contributed by atoms with Crippen LogP contribution in [0.4, 0.5) is 0 Å². The van der Waals surface area contributed by atoms with Gasteiger partial charge < -0.3 is 0 Å². The smallest absolute Gasteiger partial charge is 0.244 e. The lowest BCUT2D eigenvalue weighted by Crippen LogP contribution is -2.38. The van der Waals surface area contributed by atoms with Crippen LogP contribution in [0.1, 0.15) is 26.7 Å². The third-order valence-corrected chi connectivity index (χ3v) is 5.63. The van der Waals surface area contributed by atoms with E-state index in [1.807, 2.05) is 0 Å². The topological polar surface area (TPSA) is 50.3 Å². The lowest BCUT2D eigenvalue weighted by molar-refractivity contribution is 0.315. The van der Waals surface area contributed by atoms with Gasteiger partial charge in [-0.15, -0.1) is 0 Å². The second-order valence-corrected chi connectivity index (χ2v) is 7.71. The molecule has 1 saturated heterocycles. The Balaban J connectivity index is 2.37. The Morgan fingerprint density at radius 3 is 2.78 bits per heavy atom. The van der Waals surface area contributed by atoms with Crippen LogP contribution in [0.3, 0.4) is 0 Å². The van der Waals surface area contributed by atoms with E-state index in [2.05, 4.69) is 34.8 Å². The molecule has 1 aromatic heterocycles. The summed E-state index contributed by atoms with van der Waals surface area (Å²) in [6, 6.07) is 1.71.